The van der Waals surface area contributed by atoms with Gasteiger partial charge in [-0.3, -0.25) is 4.90 Å². The lowest BCUT2D eigenvalue weighted by Crippen LogP contribution is -2.41. The van der Waals surface area contributed by atoms with Crippen LogP contribution in [0.1, 0.15) is 52.9 Å². The van der Waals surface area contributed by atoms with Crippen molar-refractivity contribution in [3.8, 4) is 0 Å². The van der Waals surface area contributed by atoms with Gasteiger partial charge in [0.05, 0.1) is 0 Å². The van der Waals surface area contributed by atoms with E-state index in [9.17, 15) is 0 Å². The molecular formula is C15H31NO2. The first-order valence-electron chi connectivity index (χ1n) is 7.64. The van der Waals surface area contributed by atoms with Gasteiger partial charge in [-0.15, -0.1) is 0 Å². The Morgan fingerprint density at radius 2 is 1.56 bits per heavy atom. The van der Waals surface area contributed by atoms with Crippen LogP contribution in [0, 0.1) is 5.92 Å². The Morgan fingerprint density at radius 1 is 1.00 bits per heavy atom. The van der Waals surface area contributed by atoms with Crippen LogP contribution in [0.2, 0.25) is 0 Å². The van der Waals surface area contributed by atoms with Gasteiger partial charge in [-0.2, -0.15) is 0 Å². The molecule has 1 rings (SSSR count). The van der Waals surface area contributed by atoms with Crippen LogP contribution in [0.4, 0.5) is 0 Å². The Bertz CT molecular complexity index is 197. The van der Waals surface area contributed by atoms with Crippen LogP contribution in [0.15, 0.2) is 0 Å². The zero-order valence-corrected chi connectivity index (χ0v) is 12.7. The molecule has 0 atom stereocenters. The minimum Gasteiger partial charge on any atom is -0.352 e. The standard InChI is InChI=1S/C15H31NO2/c1-5-13-8-10-14(11-9-13)16(4)12-15(17-6-2)18-7-3/h13-15H,5-12H2,1-4H3. The van der Waals surface area contributed by atoms with Gasteiger partial charge >= 0.3 is 0 Å². The normalized spacial score (nSPS) is 25.0. The van der Waals surface area contributed by atoms with Gasteiger partial charge in [0.1, 0.15) is 0 Å². The lowest BCUT2D eigenvalue weighted by Gasteiger charge is -2.35. The molecule has 0 saturated heterocycles. The van der Waals surface area contributed by atoms with Crippen LogP contribution in [0.3, 0.4) is 0 Å². The first-order chi connectivity index (χ1) is 8.71. The van der Waals surface area contributed by atoms with Crippen molar-refractivity contribution >= 4 is 0 Å². The Morgan fingerprint density at radius 3 is 2.00 bits per heavy atom. The molecular weight excluding hydrogens is 226 g/mol. The van der Waals surface area contributed by atoms with Crippen LogP contribution in [0.25, 0.3) is 0 Å². The van der Waals surface area contributed by atoms with Crippen molar-refractivity contribution in [2.75, 3.05) is 26.8 Å². The summed E-state index contributed by atoms with van der Waals surface area (Å²) in [6, 6.07) is 0.719. The third-order valence-electron chi connectivity index (χ3n) is 4.16. The molecule has 0 bridgehead atoms. The summed E-state index contributed by atoms with van der Waals surface area (Å²) in [6.07, 6.45) is 6.73. The Labute approximate surface area is 113 Å². The monoisotopic (exact) mass is 257 g/mol. The summed E-state index contributed by atoms with van der Waals surface area (Å²) in [5.74, 6) is 0.962. The zero-order chi connectivity index (χ0) is 13.4. The van der Waals surface area contributed by atoms with E-state index in [1.54, 1.807) is 0 Å². The van der Waals surface area contributed by atoms with Gasteiger partial charge in [0, 0.05) is 25.8 Å². The highest BCUT2D eigenvalue weighted by atomic mass is 16.7. The van der Waals surface area contributed by atoms with E-state index in [1.807, 2.05) is 13.8 Å². The van der Waals surface area contributed by atoms with Crippen molar-refractivity contribution in [3.63, 3.8) is 0 Å². The molecule has 1 saturated carbocycles. The van der Waals surface area contributed by atoms with Crippen LogP contribution >= 0.6 is 0 Å². The molecule has 0 N–H and O–H groups in total. The number of nitrogens with zero attached hydrogens (tertiary/aromatic N) is 1. The molecule has 1 aliphatic carbocycles. The lowest BCUT2D eigenvalue weighted by molar-refractivity contribution is -0.149. The van der Waals surface area contributed by atoms with E-state index in [-0.39, 0.29) is 6.29 Å². The average molecular weight is 257 g/mol. The van der Waals surface area contributed by atoms with Crippen molar-refractivity contribution in [2.24, 2.45) is 5.92 Å². The summed E-state index contributed by atoms with van der Waals surface area (Å²) in [7, 11) is 2.21. The van der Waals surface area contributed by atoms with Gasteiger partial charge < -0.3 is 9.47 Å². The number of ether oxygens (including phenoxy) is 2. The molecule has 1 fully saturated rings. The predicted molar refractivity (Wildman–Crippen MR) is 75.7 cm³/mol. The first kappa shape index (κ1) is 15.9. The molecule has 0 spiro atoms. The Kier molecular flexibility index (Phi) is 7.87. The van der Waals surface area contributed by atoms with Crippen molar-refractivity contribution in [2.45, 2.75) is 65.2 Å². The Hall–Kier alpha value is -0.120. The summed E-state index contributed by atoms with van der Waals surface area (Å²) in [5.41, 5.74) is 0. The minimum absolute atomic E-state index is 0.0612. The molecule has 0 aliphatic heterocycles. The van der Waals surface area contributed by atoms with Crippen molar-refractivity contribution in [3.05, 3.63) is 0 Å². The van der Waals surface area contributed by atoms with Crippen LogP contribution < -0.4 is 0 Å². The highest BCUT2D eigenvalue weighted by molar-refractivity contribution is 4.78. The smallest absolute Gasteiger partial charge is 0.170 e. The molecule has 0 aromatic heterocycles. The van der Waals surface area contributed by atoms with E-state index in [4.69, 9.17) is 9.47 Å². The highest BCUT2D eigenvalue weighted by Crippen LogP contribution is 2.29. The summed E-state index contributed by atoms with van der Waals surface area (Å²) in [5, 5.41) is 0. The lowest BCUT2D eigenvalue weighted by atomic mass is 9.84. The molecule has 0 aromatic carbocycles. The largest absolute Gasteiger partial charge is 0.352 e. The van der Waals surface area contributed by atoms with Gasteiger partial charge in [0.2, 0.25) is 0 Å². The van der Waals surface area contributed by atoms with E-state index in [0.717, 1.165) is 31.7 Å². The van der Waals surface area contributed by atoms with Gasteiger partial charge in [-0.1, -0.05) is 13.3 Å². The fourth-order valence-electron chi connectivity index (χ4n) is 2.90. The van der Waals surface area contributed by atoms with Crippen LogP contribution in [-0.2, 0) is 9.47 Å². The number of hydrogen-bond donors (Lipinski definition) is 0. The average Bonchev–Trinajstić information content (AvgIpc) is 2.39. The SMILES string of the molecule is CCOC(CN(C)C1CCC(CC)CC1)OCC. The van der Waals surface area contributed by atoms with Crippen molar-refractivity contribution in [1.82, 2.24) is 4.90 Å². The van der Waals surface area contributed by atoms with Crippen molar-refractivity contribution < 1.29 is 9.47 Å². The quantitative estimate of drug-likeness (QED) is 0.623. The molecule has 0 radical (unpaired) electrons. The number of likely N-dealkylation sites (N-methyl/N-ethyl adjacent to an activating group) is 1. The second-order valence-electron chi connectivity index (χ2n) is 5.36. The molecule has 18 heavy (non-hydrogen) atoms. The summed E-state index contributed by atoms with van der Waals surface area (Å²) in [6.45, 7) is 8.71. The highest BCUT2D eigenvalue weighted by Gasteiger charge is 2.24. The molecule has 0 unspecified atom stereocenters. The van der Waals surface area contributed by atoms with E-state index in [0.29, 0.717) is 0 Å². The van der Waals surface area contributed by atoms with Crippen LogP contribution in [0.5, 0.6) is 0 Å². The van der Waals surface area contributed by atoms with Gasteiger partial charge in [-0.25, -0.2) is 0 Å². The maximum atomic E-state index is 5.62. The molecule has 3 nitrogen and oxygen atoms in total. The molecule has 1 aliphatic rings. The maximum Gasteiger partial charge on any atom is 0.170 e. The minimum atomic E-state index is -0.0612. The van der Waals surface area contributed by atoms with Crippen LogP contribution in [-0.4, -0.2) is 44.0 Å². The Balaban J connectivity index is 2.32. The second-order valence-corrected chi connectivity index (χ2v) is 5.36. The van der Waals surface area contributed by atoms with Gasteiger partial charge in [0.25, 0.3) is 0 Å². The molecule has 0 aromatic rings. The van der Waals surface area contributed by atoms with Gasteiger partial charge in [0.15, 0.2) is 6.29 Å². The zero-order valence-electron chi connectivity index (χ0n) is 12.7. The number of rotatable bonds is 8. The molecule has 0 amide bonds. The summed E-state index contributed by atoms with van der Waals surface area (Å²) < 4.78 is 11.2. The van der Waals surface area contributed by atoms with E-state index in [1.165, 1.54) is 32.1 Å². The summed E-state index contributed by atoms with van der Waals surface area (Å²) >= 11 is 0. The molecule has 108 valence electrons. The third-order valence-corrected chi connectivity index (χ3v) is 4.16. The van der Waals surface area contributed by atoms with Crippen molar-refractivity contribution in [1.29, 1.82) is 0 Å². The fraction of sp³-hybridized carbons (Fsp3) is 1.00. The summed E-state index contributed by atoms with van der Waals surface area (Å²) in [4.78, 5) is 2.43. The molecule has 3 heteroatoms. The number of hydrogen-bond acceptors (Lipinski definition) is 3. The third kappa shape index (κ3) is 5.25. The fourth-order valence-corrected chi connectivity index (χ4v) is 2.90. The maximum absolute atomic E-state index is 5.62. The molecule has 0 heterocycles. The second kappa shape index (κ2) is 8.89. The topological polar surface area (TPSA) is 21.7 Å². The predicted octanol–water partition coefficient (Wildman–Crippen LogP) is 3.29. The van der Waals surface area contributed by atoms with Gasteiger partial charge in [-0.05, 0) is 52.5 Å². The van der Waals surface area contributed by atoms with E-state index >= 15 is 0 Å². The first-order valence-corrected chi connectivity index (χ1v) is 7.64. The van der Waals surface area contributed by atoms with E-state index in [2.05, 4.69) is 18.9 Å². The van der Waals surface area contributed by atoms with E-state index < -0.39 is 0 Å².